The fourth-order valence-electron chi connectivity index (χ4n) is 3.46. The third-order valence-electron chi connectivity index (χ3n) is 5.18. The van der Waals surface area contributed by atoms with E-state index in [0.717, 1.165) is 11.0 Å². The van der Waals surface area contributed by atoms with E-state index in [1.54, 1.807) is 0 Å². The third kappa shape index (κ3) is 2.54. The summed E-state index contributed by atoms with van der Waals surface area (Å²) in [4.78, 5) is 0. The molecule has 0 bridgehead atoms. The average molecular weight is 389 g/mol. The highest BCUT2D eigenvalue weighted by Gasteiger charge is 2.67. The van der Waals surface area contributed by atoms with Crippen LogP contribution in [0.1, 0.15) is 46.2 Å². The summed E-state index contributed by atoms with van der Waals surface area (Å²) < 4.78 is 2.34. The third-order valence-corrected chi connectivity index (χ3v) is 6.40. The molecule has 1 N–H and O–H groups in total. The van der Waals surface area contributed by atoms with Gasteiger partial charge >= 0.3 is 0 Å². The Morgan fingerprint density at radius 1 is 1.16 bits per heavy atom. The molecule has 1 atom stereocenters. The molecular weight excluding hydrogens is 366 g/mol. The molecule has 1 unspecified atom stereocenters. The van der Waals surface area contributed by atoms with Crippen LogP contribution >= 0.6 is 31.9 Å². The number of nitrogens with one attached hydrogen (secondary N) is 1. The van der Waals surface area contributed by atoms with Gasteiger partial charge in [-0.2, -0.15) is 0 Å². The van der Waals surface area contributed by atoms with Gasteiger partial charge in [0.05, 0.1) is 0 Å². The average Bonchev–Trinajstić information content (AvgIpc) is 2.71. The highest BCUT2D eigenvalue weighted by molar-refractivity contribution is 9.11. The molecule has 0 saturated heterocycles. The van der Waals surface area contributed by atoms with Crippen LogP contribution in [0.3, 0.4) is 0 Å². The second kappa shape index (κ2) is 5.16. The van der Waals surface area contributed by atoms with E-state index in [4.69, 9.17) is 0 Å². The molecule has 19 heavy (non-hydrogen) atoms. The molecule has 0 aromatic heterocycles. The molecule has 1 saturated carbocycles. The van der Waals surface area contributed by atoms with Crippen LogP contribution in [0, 0.1) is 16.7 Å². The monoisotopic (exact) mass is 387 g/mol. The second-order valence-electron chi connectivity index (χ2n) is 6.62. The first-order valence-corrected chi connectivity index (χ1v) is 8.50. The number of benzene rings is 1. The van der Waals surface area contributed by atoms with Crippen LogP contribution in [0.5, 0.6) is 0 Å². The van der Waals surface area contributed by atoms with Crippen molar-refractivity contribution in [3.8, 4) is 0 Å². The normalized spacial score (nSPS) is 22.3. The maximum atomic E-state index is 3.71. The molecule has 0 amide bonds. The lowest BCUT2D eigenvalue weighted by molar-refractivity contribution is 0.417. The van der Waals surface area contributed by atoms with Crippen molar-refractivity contribution in [1.82, 2.24) is 5.32 Å². The molecule has 1 fully saturated rings. The zero-order valence-corrected chi connectivity index (χ0v) is 15.5. The van der Waals surface area contributed by atoms with E-state index in [-0.39, 0.29) is 0 Å². The first-order chi connectivity index (χ1) is 8.73. The summed E-state index contributed by atoms with van der Waals surface area (Å²) in [6.07, 6.45) is 0. The standard InChI is InChI=1S/C16H23Br2N/c1-6-19-13(14-15(2,3)16(14,4)5)11-9-10(17)7-8-12(11)18/h7-9,13-14,19H,6H2,1-5H3. The Kier molecular flexibility index (Phi) is 4.22. The van der Waals surface area contributed by atoms with Gasteiger partial charge in [-0.05, 0) is 47.1 Å². The summed E-state index contributed by atoms with van der Waals surface area (Å²) in [5.41, 5.74) is 2.11. The SMILES string of the molecule is CCNC(c1cc(Br)ccc1Br)C1C(C)(C)C1(C)C. The summed E-state index contributed by atoms with van der Waals surface area (Å²) in [5.74, 6) is 0.658. The minimum atomic E-state index is 0.377. The van der Waals surface area contributed by atoms with Crippen LogP contribution in [-0.4, -0.2) is 6.54 Å². The van der Waals surface area contributed by atoms with Crippen molar-refractivity contribution in [3.63, 3.8) is 0 Å². The molecule has 1 aromatic rings. The molecule has 0 radical (unpaired) electrons. The van der Waals surface area contributed by atoms with Gasteiger partial charge in [-0.15, -0.1) is 0 Å². The maximum absolute atomic E-state index is 3.71. The van der Waals surface area contributed by atoms with Crippen molar-refractivity contribution in [2.75, 3.05) is 6.54 Å². The van der Waals surface area contributed by atoms with E-state index in [1.807, 2.05) is 0 Å². The van der Waals surface area contributed by atoms with Gasteiger partial charge in [-0.25, -0.2) is 0 Å². The predicted molar refractivity (Wildman–Crippen MR) is 89.3 cm³/mol. The van der Waals surface area contributed by atoms with Crippen molar-refractivity contribution in [2.45, 2.75) is 40.7 Å². The summed E-state index contributed by atoms with van der Waals surface area (Å²) in [5, 5.41) is 3.69. The number of hydrogen-bond acceptors (Lipinski definition) is 1. The summed E-state index contributed by atoms with van der Waals surface area (Å²) >= 11 is 7.31. The van der Waals surface area contributed by atoms with Crippen molar-refractivity contribution in [3.05, 3.63) is 32.7 Å². The van der Waals surface area contributed by atoms with E-state index in [1.165, 1.54) is 10.0 Å². The number of hydrogen-bond donors (Lipinski definition) is 1. The molecule has 1 aromatic carbocycles. The van der Waals surface area contributed by atoms with E-state index in [0.29, 0.717) is 22.8 Å². The van der Waals surface area contributed by atoms with E-state index in [9.17, 15) is 0 Å². The minimum Gasteiger partial charge on any atom is -0.310 e. The topological polar surface area (TPSA) is 12.0 Å². The summed E-state index contributed by atoms with van der Waals surface area (Å²) in [7, 11) is 0. The van der Waals surface area contributed by atoms with Crippen molar-refractivity contribution in [2.24, 2.45) is 16.7 Å². The van der Waals surface area contributed by atoms with Crippen LogP contribution in [0.25, 0.3) is 0 Å². The van der Waals surface area contributed by atoms with Gasteiger partial charge in [-0.1, -0.05) is 66.5 Å². The Balaban J connectivity index is 2.40. The highest BCUT2D eigenvalue weighted by Crippen LogP contribution is 2.72. The number of halogens is 2. The first-order valence-electron chi connectivity index (χ1n) is 6.91. The Morgan fingerprint density at radius 3 is 2.21 bits per heavy atom. The van der Waals surface area contributed by atoms with Gasteiger partial charge in [-0.3, -0.25) is 0 Å². The second-order valence-corrected chi connectivity index (χ2v) is 8.39. The fraction of sp³-hybridized carbons (Fsp3) is 0.625. The molecule has 2 rings (SSSR count). The van der Waals surface area contributed by atoms with Gasteiger partial charge < -0.3 is 5.32 Å². The Labute approximate surface area is 133 Å². The van der Waals surface area contributed by atoms with Crippen molar-refractivity contribution < 1.29 is 0 Å². The molecule has 1 aliphatic carbocycles. The van der Waals surface area contributed by atoms with E-state index in [2.05, 4.69) is 90.0 Å². The lowest BCUT2D eigenvalue weighted by Crippen LogP contribution is -2.25. The highest BCUT2D eigenvalue weighted by atomic mass is 79.9. The molecule has 0 aliphatic heterocycles. The molecule has 1 aliphatic rings. The van der Waals surface area contributed by atoms with Crippen LogP contribution in [0.2, 0.25) is 0 Å². The van der Waals surface area contributed by atoms with Crippen LogP contribution < -0.4 is 5.32 Å². The molecule has 106 valence electrons. The Morgan fingerprint density at radius 2 is 1.74 bits per heavy atom. The lowest BCUT2D eigenvalue weighted by atomic mass is 9.96. The fourth-order valence-corrected chi connectivity index (χ4v) is 4.33. The predicted octanol–water partition coefficient (Wildman–Crippen LogP) is 5.54. The van der Waals surface area contributed by atoms with Crippen LogP contribution in [0.4, 0.5) is 0 Å². The molecule has 3 heteroatoms. The summed E-state index contributed by atoms with van der Waals surface area (Å²) in [6, 6.07) is 6.86. The largest absolute Gasteiger partial charge is 0.310 e. The van der Waals surface area contributed by atoms with Gasteiger partial charge in [0.1, 0.15) is 0 Å². The lowest BCUT2D eigenvalue weighted by Gasteiger charge is -2.22. The maximum Gasteiger partial charge on any atom is 0.0370 e. The minimum absolute atomic E-state index is 0.377. The van der Waals surface area contributed by atoms with Gasteiger partial charge in [0.2, 0.25) is 0 Å². The molecular formula is C16H23Br2N. The van der Waals surface area contributed by atoms with Gasteiger partial charge in [0, 0.05) is 15.0 Å². The molecule has 0 spiro atoms. The van der Waals surface area contributed by atoms with Crippen LogP contribution in [-0.2, 0) is 0 Å². The molecule has 1 nitrogen and oxygen atoms in total. The Hall–Kier alpha value is 0.140. The quantitative estimate of drug-likeness (QED) is 0.713. The van der Waals surface area contributed by atoms with Crippen LogP contribution in [0.15, 0.2) is 27.1 Å². The first kappa shape index (κ1) is 15.5. The van der Waals surface area contributed by atoms with Crippen molar-refractivity contribution in [1.29, 1.82) is 0 Å². The van der Waals surface area contributed by atoms with Crippen molar-refractivity contribution >= 4 is 31.9 Å². The van der Waals surface area contributed by atoms with Gasteiger partial charge in [0.25, 0.3) is 0 Å². The zero-order valence-electron chi connectivity index (χ0n) is 12.3. The Bertz CT molecular complexity index is 466. The summed E-state index contributed by atoms with van der Waals surface area (Å²) in [6.45, 7) is 12.7. The smallest absolute Gasteiger partial charge is 0.0370 e. The molecule has 0 heterocycles. The zero-order chi connectivity index (χ0) is 14.4. The van der Waals surface area contributed by atoms with E-state index >= 15 is 0 Å². The van der Waals surface area contributed by atoms with Gasteiger partial charge in [0.15, 0.2) is 0 Å². The van der Waals surface area contributed by atoms with E-state index < -0.39 is 0 Å². The number of rotatable bonds is 4.